The minimum Gasteiger partial charge on any atom is -0.307 e. The molecule has 1 aliphatic carbocycles. The normalized spacial score (nSPS) is 23.3. The fourth-order valence-electron chi connectivity index (χ4n) is 2.82. The zero-order chi connectivity index (χ0) is 9.76. The Labute approximate surface area is 89.5 Å². The van der Waals surface area contributed by atoms with Gasteiger partial charge in [-0.3, -0.25) is 0 Å². The second kappa shape index (κ2) is 2.83. The lowest BCUT2D eigenvalue weighted by Gasteiger charge is -2.31. The number of thiophene rings is 1. The van der Waals surface area contributed by atoms with Crippen molar-refractivity contribution in [2.24, 2.45) is 0 Å². The molecule has 0 unspecified atom stereocenters. The van der Waals surface area contributed by atoms with Gasteiger partial charge in [0.2, 0.25) is 0 Å². The van der Waals surface area contributed by atoms with Crippen LogP contribution in [-0.4, -0.2) is 6.54 Å². The summed E-state index contributed by atoms with van der Waals surface area (Å²) < 4.78 is 0. The average molecular weight is 207 g/mol. The van der Waals surface area contributed by atoms with Gasteiger partial charge < -0.3 is 5.32 Å². The molecule has 0 aromatic carbocycles. The molecule has 2 aliphatic rings. The highest BCUT2D eigenvalue weighted by Gasteiger charge is 2.33. The third kappa shape index (κ3) is 1.10. The van der Waals surface area contributed by atoms with Gasteiger partial charge in [-0.25, -0.2) is 0 Å². The van der Waals surface area contributed by atoms with Crippen molar-refractivity contribution in [3.63, 3.8) is 0 Å². The molecule has 76 valence electrons. The maximum atomic E-state index is 3.61. The van der Waals surface area contributed by atoms with Crippen LogP contribution in [0.4, 0.5) is 0 Å². The van der Waals surface area contributed by atoms with E-state index in [1.165, 1.54) is 25.7 Å². The number of nitrogens with one attached hydrogen (secondary N) is 1. The molecule has 1 aromatic heterocycles. The van der Waals surface area contributed by atoms with Crippen LogP contribution in [0.1, 0.15) is 41.1 Å². The first-order valence-electron chi connectivity index (χ1n) is 5.57. The molecule has 1 aliphatic heterocycles. The highest BCUT2D eigenvalue weighted by molar-refractivity contribution is 7.12. The van der Waals surface area contributed by atoms with Gasteiger partial charge in [-0.2, -0.15) is 0 Å². The lowest BCUT2D eigenvalue weighted by atomic mass is 9.91. The Bertz CT molecular complexity index is 376. The smallest absolute Gasteiger partial charge is 0.0474 e. The van der Waals surface area contributed by atoms with Gasteiger partial charge in [-0.1, -0.05) is 0 Å². The molecule has 0 saturated carbocycles. The van der Waals surface area contributed by atoms with Crippen molar-refractivity contribution in [1.29, 1.82) is 0 Å². The van der Waals surface area contributed by atoms with Gasteiger partial charge in [0, 0.05) is 21.8 Å². The van der Waals surface area contributed by atoms with Crippen molar-refractivity contribution in [2.45, 2.75) is 45.1 Å². The van der Waals surface area contributed by atoms with Crippen molar-refractivity contribution >= 4 is 11.3 Å². The number of fused-ring (bicyclic) bond motifs is 3. The predicted molar refractivity (Wildman–Crippen MR) is 61.1 cm³/mol. The van der Waals surface area contributed by atoms with Crippen LogP contribution in [0.5, 0.6) is 0 Å². The molecule has 0 amide bonds. The maximum Gasteiger partial charge on any atom is 0.0474 e. The second-order valence-corrected chi connectivity index (χ2v) is 6.07. The topological polar surface area (TPSA) is 12.0 Å². The fourth-order valence-corrected chi connectivity index (χ4v) is 4.34. The van der Waals surface area contributed by atoms with Crippen LogP contribution in [0.2, 0.25) is 0 Å². The van der Waals surface area contributed by atoms with E-state index in [2.05, 4.69) is 30.5 Å². The zero-order valence-corrected chi connectivity index (χ0v) is 9.76. The van der Waals surface area contributed by atoms with E-state index in [1.54, 1.807) is 20.9 Å². The van der Waals surface area contributed by atoms with Crippen LogP contribution in [0, 0.1) is 0 Å². The molecule has 3 rings (SSSR count). The summed E-state index contributed by atoms with van der Waals surface area (Å²) in [4.78, 5) is 3.31. The molecular weight excluding hydrogens is 190 g/mol. The van der Waals surface area contributed by atoms with Crippen molar-refractivity contribution in [2.75, 3.05) is 6.54 Å². The molecule has 0 atom stereocenters. The third-order valence-electron chi connectivity index (χ3n) is 3.54. The van der Waals surface area contributed by atoms with E-state index in [-0.39, 0.29) is 5.54 Å². The Morgan fingerprint density at radius 1 is 1.14 bits per heavy atom. The Balaban J connectivity index is 2.17. The van der Waals surface area contributed by atoms with Crippen LogP contribution in [0.25, 0.3) is 0 Å². The van der Waals surface area contributed by atoms with Crippen LogP contribution in [-0.2, 0) is 24.8 Å². The van der Waals surface area contributed by atoms with Crippen molar-refractivity contribution in [1.82, 2.24) is 5.32 Å². The van der Waals surface area contributed by atoms with Gasteiger partial charge in [0.05, 0.1) is 0 Å². The van der Waals surface area contributed by atoms with Gasteiger partial charge in [0.15, 0.2) is 0 Å². The average Bonchev–Trinajstić information content (AvgIpc) is 2.64. The molecule has 1 aromatic rings. The van der Waals surface area contributed by atoms with Gasteiger partial charge >= 0.3 is 0 Å². The van der Waals surface area contributed by atoms with Crippen molar-refractivity contribution in [3.05, 3.63) is 20.9 Å². The molecule has 0 bridgehead atoms. The third-order valence-corrected chi connectivity index (χ3v) is 5.20. The molecule has 0 radical (unpaired) electrons. The Morgan fingerprint density at radius 3 is 2.86 bits per heavy atom. The molecule has 2 heteroatoms. The van der Waals surface area contributed by atoms with E-state index in [4.69, 9.17) is 0 Å². The zero-order valence-electron chi connectivity index (χ0n) is 8.94. The lowest BCUT2D eigenvalue weighted by Crippen LogP contribution is -2.41. The first-order chi connectivity index (χ1) is 6.68. The van der Waals surface area contributed by atoms with Crippen LogP contribution in [0.15, 0.2) is 0 Å². The SMILES string of the molecule is CC1(C)NCCc2c1sc1c2CCC1. The monoisotopic (exact) mass is 207 g/mol. The quantitative estimate of drug-likeness (QED) is 0.689. The summed E-state index contributed by atoms with van der Waals surface area (Å²) in [6.07, 6.45) is 5.33. The summed E-state index contributed by atoms with van der Waals surface area (Å²) in [5.74, 6) is 0. The molecule has 0 saturated heterocycles. The number of hydrogen-bond acceptors (Lipinski definition) is 2. The van der Waals surface area contributed by atoms with Crippen molar-refractivity contribution < 1.29 is 0 Å². The predicted octanol–water partition coefficient (Wildman–Crippen LogP) is 2.62. The standard InChI is InChI=1S/C12H17NS/c1-12(2)11-9(6-7-13-12)8-4-3-5-10(8)14-11/h13H,3-7H2,1-2H3. The van der Waals surface area contributed by atoms with E-state index < -0.39 is 0 Å². The summed E-state index contributed by atoms with van der Waals surface area (Å²) in [5, 5.41) is 3.61. The summed E-state index contributed by atoms with van der Waals surface area (Å²) in [6, 6.07) is 0. The highest BCUT2D eigenvalue weighted by Crippen LogP contribution is 2.42. The van der Waals surface area contributed by atoms with Crippen LogP contribution >= 0.6 is 11.3 Å². The first kappa shape index (κ1) is 8.93. The highest BCUT2D eigenvalue weighted by atomic mass is 32.1. The first-order valence-corrected chi connectivity index (χ1v) is 6.39. The molecule has 2 heterocycles. The van der Waals surface area contributed by atoms with E-state index in [9.17, 15) is 0 Å². The minimum atomic E-state index is 0.225. The fraction of sp³-hybridized carbons (Fsp3) is 0.667. The number of aryl methyl sites for hydroxylation is 1. The van der Waals surface area contributed by atoms with E-state index in [0.29, 0.717) is 0 Å². The van der Waals surface area contributed by atoms with Gasteiger partial charge in [0.25, 0.3) is 0 Å². The largest absolute Gasteiger partial charge is 0.307 e. The molecule has 1 nitrogen and oxygen atoms in total. The lowest BCUT2D eigenvalue weighted by molar-refractivity contribution is 0.390. The summed E-state index contributed by atoms with van der Waals surface area (Å²) in [7, 11) is 0. The number of hydrogen-bond donors (Lipinski definition) is 1. The maximum absolute atomic E-state index is 3.61. The molecular formula is C12H17NS. The second-order valence-electron chi connectivity index (χ2n) is 4.97. The summed E-state index contributed by atoms with van der Waals surface area (Å²) >= 11 is 2.07. The Morgan fingerprint density at radius 2 is 2.00 bits per heavy atom. The van der Waals surface area contributed by atoms with Gasteiger partial charge in [0.1, 0.15) is 0 Å². The Kier molecular flexibility index (Phi) is 1.80. The summed E-state index contributed by atoms with van der Waals surface area (Å²) in [5.41, 5.74) is 3.65. The van der Waals surface area contributed by atoms with E-state index in [1.807, 2.05) is 0 Å². The molecule has 1 N–H and O–H groups in total. The molecule has 0 fully saturated rings. The molecule has 0 spiro atoms. The van der Waals surface area contributed by atoms with Crippen LogP contribution in [0.3, 0.4) is 0 Å². The Hall–Kier alpha value is -0.340. The molecule has 14 heavy (non-hydrogen) atoms. The van der Waals surface area contributed by atoms with E-state index >= 15 is 0 Å². The number of rotatable bonds is 0. The van der Waals surface area contributed by atoms with E-state index in [0.717, 1.165) is 6.54 Å². The van der Waals surface area contributed by atoms with Gasteiger partial charge in [-0.05, 0) is 50.7 Å². The van der Waals surface area contributed by atoms with Crippen molar-refractivity contribution in [3.8, 4) is 0 Å². The summed E-state index contributed by atoms with van der Waals surface area (Å²) in [6.45, 7) is 5.79. The minimum absolute atomic E-state index is 0.225. The van der Waals surface area contributed by atoms with Gasteiger partial charge in [-0.15, -0.1) is 11.3 Å². The van der Waals surface area contributed by atoms with Crippen LogP contribution < -0.4 is 5.32 Å².